The Kier molecular flexibility index (Phi) is 5.03. The van der Waals surface area contributed by atoms with Gasteiger partial charge in [-0.25, -0.2) is 4.39 Å². The third-order valence-corrected chi connectivity index (χ3v) is 3.49. The van der Waals surface area contributed by atoms with Crippen LogP contribution < -0.4 is 15.8 Å². The molecule has 0 fully saturated rings. The van der Waals surface area contributed by atoms with E-state index in [2.05, 4.69) is 21.2 Å². The molecule has 0 aliphatic rings. The van der Waals surface area contributed by atoms with E-state index in [9.17, 15) is 9.18 Å². The number of anilines is 2. The van der Waals surface area contributed by atoms with E-state index >= 15 is 0 Å². The Labute approximate surface area is 134 Å². The number of nitrogens with two attached hydrogens (primary N) is 1. The normalized spacial score (nSPS) is 10.2. The van der Waals surface area contributed by atoms with Gasteiger partial charge in [0.05, 0.1) is 15.2 Å². The fourth-order valence-corrected chi connectivity index (χ4v) is 2.15. The third-order valence-electron chi connectivity index (χ3n) is 2.52. The van der Waals surface area contributed by atoms with E-state index in [4.69, 9.17) is 22.1 Å². The lowest BCUT2D eigenvalue weighted by Gasteiger charge is -2.10. The molecular formula is C14H11BrClFN2O2. The minimum absolute atomic E-state index is 0.244. The van der Waals surface area contributed by atoms with Crippen molar-refractivity contribution in [3.05, 3.63) is 51.7 Å². The molecule has 2 aromatic carbocycles. The Morgan fingerprint density at radius 2 is 2.10 bits per heavy atom. The molecule has 0 saturated carbocycles. The number of hydrogen-bond acceptors (Lipinski definition) is 3. The highest BCUT2D eigenvalue weighted by molar-refractivity contribution is 9.10. The van der Waals surface area contributed by atoms with Crippen LogP contribution in [0.4, 0.5) is 15.8 Å². The van der Waals surface area contributed by atoms with E-state index < -0.39 is 11.7 Å². The number of rotatable bonds is 4. The second-order valence-electron chi connectivity index (χ2n) is 4.15. The highest BCUT2D eigenvalue weighted by Gasteiger charge is 2.09. The van der Waals surface area contributed by atoms with Gasteiger partial charge in [-0.2, -0.15) is 0 Å². The Bertz CT molecular complexity index is 682. The van der Waals surface area contributed by atoms with E-state index in [1.807, 2.05) is 0 Å². The summed E-state index contributed by atoms with van der Waals surface area (Å²) in [7, 11) is 0. The first-order valence-electron chi connectivity index (χ1n) is 5.88. The molecule has 110 valence electrons. The maximum atomic E-state index is 13.1. The number of carbonyl (C=O) groups excluding carboxylic acids is 1. The minimum Gasteiger partial charge on any atom is -0.482 e. The summed E-state index contributed by atoms with van der Waals surface area (Å²) in [6, 6.07) is 8.71. The van der Waals surface area contributed by atoms with Crippen LogP contribution in [-0.4, -0.2) is 12.5 Å². The molecule has 0 atom stereocenters. The van der Waals surface area contributed by atoms with Crippen molar-refractivity contribution in [2.24, 2.45) is 0 Å². The van der Waals surface area contributed by atoms with Crippen molar-refractivity contribution in [3.63, 3.8) is 0 Å². The number of nitrogens with one attached hydrogen (secondary N) is 1. The summed E-state index contributed by atoms with van der Waals surface area (Å²) in [5.41, 5.74) is 6.49. The Morgan fingerprint density at radius 1 is 1.33 bits per heavy atom. The van der Waals surface area contributed by atoms with Gasteiger partial charge in [0.1, 0.15) is 11.6 Å². The number of nitrogen functional groups attached to an aromatic ring is 1. The van der Waals surface area contributed by atoms with E-state index in [0.717, 1.165) is 0 Å². The molecule has 0 saturated heterocycles. The molecule has 21 heavy (non-hydrogen) atoms. The van der Waals surface area contributed by atoms with E-state index in [1.54, 1.807) is 12.1 Å². The molecule has 2 rings (SSSR count). The van der Waals surface area contributed by atoms with Gasteiger partial charge in [-0.15, -0.1) is 0 Å². The van der Waals surface area contributed by atoms with Gasteiger partial charge in [0.15, 0.2) is 6.61 Å². The van der Waals surface area contributed by atoms with Crippen molar-refractivity contribution >= 4 is 44.8 Å². The van der Waals surface area contributed by atoms with Gasteiger partial charge in [0, 0.05) is 11.8 Å². The summed E-state index contributed by atoms with van der Waals surface area (Å²) >= 11 is 9.15. The van der Waals surface area contributed by atoms with Crippen LogP contribution in [0.15, 0.2) is 40.9 Å². The molecule has 0 spiro atoms. The van der Waals surface area contributed by atoms with Gasteiger partial charge in [-0.05, 0) is 46.3 Å². The van der Waals surface area contributed by atoms with Crippen LogP contribution in [0.3, 0.4) is 0 Å². The summed E-state index contributed by atoms with van der Waals surface area (Å²) in [6.45, 7) is -0.275. The summed E-state index contributed by atoms with van der Waals surface area (Å²) < 4.78 is 18.9. The summed E-state index contributed by atoms with van der Waals surface area (Å²) in [6.07, 6.45) is 0. The summed E-state index contributed by atoms with van der Waals surface area (Å²) in [4.78, 5) is 11.8. The zero-order valence-electron chi connectivity index (χ0n) is 10.7. The summed E-state index contributed by atoms with van der Waals surface area (Å²) in [5, 5.41) is 2.91. The molecule has 0 aromatic heterocycles. The maximum Gasteiger partial charge on any atom is 0.262 e. The smallest absolute Gasteiger partial charge is 0.262 e. The van der Waals surface area contributed by atoms with Crippen molar-refractivity contribution < 1.29 is 13.9 Å². The fraction of sp³-hybridized carbons (Fsp3) is 0.0714. The monoisotopic (exact) mass is 372 g/mol. The van der Waals surface area contributed by atoms with Crippen molar-refractivity contribution in [2.75, 3.05) is 17.7 Å². The Balaban J connectivity index is 1.97. The lowest BCUT2D eigenvalue weighted by Crippen LogP contribution is -2.20. The topological polar surface area (TPSA) is 64.3 Å². The average Bonchev–Trinajstić information content (AvgIpc) is 2.43. The molecule has 7 heteroatoms. The van der Waals surface area contributed by atoms with E-state index in [1.165, 1.54) is 24.3 Å². The van der Waals surface area contributed by atoms with E-state index in [0.29, 0.717) is 20.9 Å². The number of ether oxygens (including phenoxy) is 1. The van der Waals surface area contributed by atoms with Crippen LogP contribution in [0.2, 0.25) is 5.02 Å². The van der Waals surface area contributed by atoms with Gasteiger partial charge in [-0.3, -0.25) is 4.79 Å². The quantitative estimate of drug-likeness (QED) is 0.800. The molecule has 0 heterocycles. The maximum absolute atomic E-state index is 13.1. The largest absolute Gasteiger partial charge is 0.482 e. The first kappa shape index (κ1) is 15.6. The van der Waals surface area contributed by atoms with Gasteiger partial charge in [0.2, 0.25) is 0 Å². The molecule has 2 aromatic rings. The van der Waals surface area contributed by atoms with Gasteiger partial charge in [0.25, 0.3) is 5.91 Å². The molecule has 3 N–H and O–H groups in total. The number of hydrogen-bond donors (Lipinski definition) is 2. The second-order valence-corrected chi connectivity index (χ2v) is 5.41. The standard InChI is InChI=1S/C14H11BrClFN2O2/c15-10-3-1-8(17)5-13(10)21-7-14(20)19-12-4-2-9(18)6-11(12)16/h1-6H,7,18H2,(H,19,20). The first-order valence-corrected chi connectivity index (χ1v) is 7.05. The van der Waals surface area contributed by atoms with Crippen LogP contribution in [0.1, 0.15) is 0 Å². The van der Waals surface area contributed by atoms with Crippen LogP contribution in [0, 0.1) is 5.82 Å². The van der Waals surface area contributed by atoms with Crippen LogP contribution in [0.25, 0.3) is 0 Å². The van der Waals surface area contributed by atoms with Crippen LogP contribution in [0.5, 0.6) is 5.75 Å². The number of amides is 1. The molecule has 0 bridgehead atoms. The first-order chi connectivity index (χ1) is 9.95. The number of carbonyl (C=O) groups is 1. The average molecular weight is 374 g/mol. The van der Waals surface area contributed by atoms with Gasteiger partial charge in [-0.1, -0.05) is 11.6 Å². The van der Waals surface area contributed by atoms with Crippen molar-refractivity contribution in [1.29, 1.82) is 0 Å². The zero-order valence-corrected chi connectivity index (χ0v) is 13.0. The Morgan fingerprint density at radius 3 is 2.81 bits per heavy atom. The van der Waals surface area contributed by atoms with Gasteiger partial charge < -0.3 is 15.8 Å². The SMILES string of the molecule is Nc1ccc(NC(=O)COc2cc(F)ccc2Br)c(Cl)c1. The summed E-state index contributed by atoms with van der Waals surface area (Å²) in [5.74, 6) is -0.624. The second kappa shape index (κ2) is 6.78. The van der Waals surface area contributed by atoms with E-state index in [-0.39, 0.29) is 12.4 Å². The number of benzene rings is 2. The molecule has 0 aliphatic heterocycles. The van der Waals surface area contributed by atoms with Crippen molar-refractivity contribution in [1.82, 2.24) is 0 Å². The predicted molar refractivity (Wildman–Crippen MR) is 84.1 cm³/mol. The molecule has 0 aliphatic carbocycles. The lowest BCUT2D eigenvalue weighted by atomic mass is 10.3. The highest BCUT2D eigenvalue weighted by atomic mass is 79.9. The fourth-order valence-electron chi connectivity index (χ4n) is 1.55. The van der Waals surface area contributed by atoms with Crippen molar-refractivity contribution in [2.45, 2.75) is 0 Å². The molecular weight excluding hydrogens is 363 g/mol. The molecule has 0 unspecified atom stereocenters. The minimum atomic E-state index is -0.449. The van der Waals surface area contributed by atoms with Gasteiger partial charge >= 0.3 is 0 Å². The number of halogens is 3. The third kappa shape index (κ3) is 4.34. The molecule has 0 radical (unpaired) electrons. The lowest BCUT2D eigenvalue weighted by molar-refractivity contribution is -0.118. The van der Waals surface area contributed by atoms with Crippen LogP contribution in [-0.2, 0) is 4.79 Å². The highest BCUT2D eigenvalue weighted by Crippen LogP contribution is 2.26. The van der Waals surface area contributed by atoms with Crippen LogP contribution >= 0.6 is 27.5 Å². The Hall–Kier alpha value is -1.79. The molecule has 4 nitrogen and oxygen atoms in total. The van der Waals surface area contributed by atoms with Crippen molar-refractivity contribution in [3.8, 4) is 5.75 Å². The zero-order chi connectivity index (χ0) is 15.4. The predicted octanol–water partition coefficient (Wildman–Crippen LogP) is 3.84. The molecule has 1 amide bonds.